The molecule has 0 bridgehead atoms. The van der Waals surface area contributed by atoms with Gasteiger partial charge in [-0.15, -0.1) is 0 Å². The van der Waals surface area contributed by atoms with E-state index in [-0.39, 0.29) is 12.5 Å². The Morgan fingerprint density at radius 2 is 1.76 bits per heavy atom. The summed E-state index contributed by atoms with van der Waals surface area (Å²) in [4.78, 5) is 27.7. The largest absolute Gasteiger partial charge is 0.354 e. The zero-order valence-corrected chi connectivity index (χ0v) is 21.4. The highest BCUT2D eigenvalue weighted by molar-refractivity contribution is 7.92. The number of amides is 2. The summed E-state index contributed by atoms with van der Waals surface area (Å²) in [6.07, 6.45) is 2.07. The number of carbonyl (C=O) groups excluding carboxylic acids is 2. The van der Waals surface area contributed by atoms with Crippen molar-refractivity contribution in [2.24, 2.45) is 0 Å². The highest BCUT2D eigenvalue weighted by Gasteiger charge is 2.32. The number of sulfonamides is 1. The second-order valence-corrected chi connectivity index (χ2v) is 10.4. The number of aryl methyl sites for hydroxylation is 1. The van der Waals surface area contributed by atoms with Crippen LogP contribution in [0.5, 0.6) is 0 Å². The molecular weight excluding hydrogens is 481 g/mol. The number of benzene rings is 2. The summed E-state index contributed by atoms with van der Waals surface area (Å²) in [7, 11) is -3.83. The van der Waals surface area contributed by atoms with E-state index in [0.717, 1.165) is 17.0 Å². The molecule has 0 radical (unpaired) electrons. The van der Waals surface area contributed by atoms with Crippen LogP contribution >= 0.6 is 11.6 Å². The van der Waals surface area contributed by atoms with Gasteiger partial charge < -0.3 is 10.2 Å². The molecule has 1 N–H and O–H groups in total. The Morgan fingerprint density at radius 3 is 2.29 bits per heavy atom. The summed E-state index contributed by atoms with van der Waals surface area (Å²) in [5.74, 6) is -1.30. The minimum atomic E-state index is -3.83. The Kier molecular flexibility index (Phi) is 9.88. The van der Waals surface area contributed by atoms with Gasteiger partial charge in [-0.05, 0) is 61.2 Å². The Bertz CT molecular complexity index is 1110. The lowest BCUT2D eigenvalue weighted by Crippen LogP contribution is -2.52. The quantitative estimate of drug-likeness (QED) is 0.496. The van der Waals surface area contributed by atoms with Crippen molar-refractivity contribution >= 4 is 39.1 Å². The summed E-state index contributed by atoms with van der Waals surface area (Å²) < 4.78 is 39.7. The highest BCUT2D eigenvalue weighted by atomic mass is 35.5. The van der Waals surface area contributed by atoms with E-state index in [2.05, 4.69) is 5.32 Å². The van der Waals surface area contributed by atoms with Crippen molar-refractivity contribution in [2.75, 3.05) is 23.7 Å². The lowest BCUT2D eigenvalue weighted by molar-refractivity contribution is -0.140. The van der Waals surface area contributed by atoms with E-state index in [9.17, 15) is 22.4 Å². The first kappa shape index (κ1) is 27.6. The van der Waals surface area contributed by atoms with Gasteiger partial charge >= 0.3 is 0 Å². The van der Waals surface area contributed by atoms with Gasteiger partial charge in [-0.3, -0.25) is 13.9 Å². The van der Waals surface area contributed by atoms with Crippen molar-refractivity contribution in [3.8, 4) is 0 Å². The third-order valence-corrected chi connectivity index (χ3v) is 6.67. The van der Waals surface area contributed by atoms with Crippen LogP contribution in [0.4, 0.5) is 10.1 Å². The van der Waals surface area contributed by atoms with Gasteiger partial charge in [0.05, 0.1) is 11.9 Å². The minimum absolute atomic E-state index is 0.0222. The van der Waals surface area contributed by atoms with E-state index >= 15 is 0 Å². The maximum atomic E-state index is 13.5. The maximum absolute atomic E-state index is 13.5. The average Bonchev–Trinajstić information content (AvgIpc) is 2.76. The molecule has 186 valence electrons. The average molecular weight is 512 g/mol. The van der Waals surface area contributed by atoms with E-state index in [1.807, 2.05) is 6.92 Å². The van der Waals surface area contributed by atoms with Crippen LogP contribution in [0.1, 0.15) is 37.8 Å². The first-order valence-corrected chi connectivity index (χ1v) is 13.3. The smallest absolute Gasteiger partial charge is 0.244 e. The number of nitrogens with zero attached hydrogens (tertiary/aromatic N) is 2. The molecule has 0 aliphatic rings. The molecule has 0 spiro atoms. The van der Waals surface area contributed by atoms with Gasteiger partial charge in [0, 0.05) is 18.1 Å². The molecule has 10 heteroatoms. The number of hydrogen-bond acceptors (Lipinski definition) is 4. The molecule has 2 aromatic rings. The predicted octanol–water partition coefficient (Wildman–Crippen LogP) is 3.89. The Labute approximate surface area is 205 Å². The lowest BCUT2D eigenvalue weighted by atomic mass is 10.1. The molecule has 2 rings (SSSR count). The number of hydrogen-bond donors (Lipinski definition) is 1. The molecule has 0 aromatic heterocycles. The van der Waals surface area contributed by atoms with E-state index in [1.54, 1.807) is 32.0 Å². The van der Waals surface area contributed by atoms with Crippen molar-refractivity contribution in [2.45, 2.75) is 46.2 Å². The van der Waals surface area contributed by atoms with Crippen LogP contribution in [0.2, 0.25) is 5.02 Å². The molecule has 0 heterocycles. The van der Waals surface area contributed by atoms with Gasteiger partial charge in [0.2, 0.25) is 21.8 Å². The van der Waals surface area contributed by atoms with Crippen LogP contribution in [0.25, 0.3) is 0 Å². The first-order chi connectivity index (χ1) is 16.0. The van der Waals surface area contributed by atoms with Crippen molar-refractivity contribution < 1.29 is 22.4 Å². The predicted molar refractivity (Wildman–Crippen MR) is 133 cm³/mol. The molecule has 7 nitrogen and oxygen atoms in total. The van der Waals surface area contributed by atoms with E-state index in [0.29, 0.717) is 34.8 Å². The zero-order valence-electron chi connectivity index (χ0n) is 19.8. The molecule has 1 atom stereocenters. The number of anilines is 1. The van der Waals surface area contributed by atoms with Gasteiger partial charge in [0.15, 0.2) is 0 Å². The fraction of sp³-hybridized carbons (Fsp3) is 0.417. The van der Waals surface area contributed by atoms with Crippen LogP contribution in [0.3, 0.4) is 0 Å². The summed E-state index contributed by atoms with van der Waals surface area (Å²) in [6.45, 7) is 5.37. The Hall–Kier alpha value is -2.65. The number of halogens is 2. The SMILES string of the molecule is CCCNC(=O)[C@@H](CC)N(Cc1ccc(F)cc1)C(=O)CN(c1ccc(Cl)cc1C)S(C)(=O)=O. The molecule has 0 aliphatic heterocycles. The molecule has 2 aromatic carbocycles. The Balaban J connectivity index is 2.44. The van der Waals surface area contributed by atoms with Crippen LogP contribution in [0, 0.1) is 12.7 Å². The van der Waals surface area contributed by atoms with Gasteiger partial charge in [-0.25, -0.2) is 12.8 Å². The first-order valence-electron chi connectivity index (χ1n) is 11.0. The van der Waals surface area contributed by atoms with Gasteiger partial charge in [-0.2, -0.15) is 0 Å². The van der Waals surface area contributed by atoms with Crippen LogP contribution < -0.4 is 9.62 Å². The second kappa shape index (κ2) is 12.2. The molecule has 34 heavy (non-hydrogen) atoms. The molecule has 0 saturated carbocycles. The summed E-state index contributed by atoms with van der Waals surface area (Å²) in [5.41, 5.74) is 1.53. The molecule has 0 saturated heterocycles. The Morgan fingerprint density at radius 1 is 1.12 bits per heavy atom. The monoisotopic (exact) mass is 511 g/mol. The topological polar surface area (TPSA) is 86.8 Å². The van der Waals surface area contributed by atoms with Crippen molar-refractivity contribution in [3.05, 3.63) is 64.4 Å². The van der Waals surface area contributed by atoms with Crippen molar-refractivity contribution in [1.82, 2.24) is 10.2 Å². The standard InChI is InChI=1S/C24H31ClFN3O4S/c1-5-13-27-24(31)21(6-2)28(15-18-7-10-20(26)11-8-18)23(30)16-29(34(4,32)33)22-12-9-19(25)14-17(22)3/h7-12,14,21H,5-6,13,15-16H2,1-4H3,(H,27,31)/t21-/m1/s1. The van der Waals surface area contributed by atoms with Gasteiger partial charge in [0.25, 0.3) is 0 Å². The van der Waals surface area contributed by atoms with Crippen LogP contribution in [-0.4, -0.2) is 50.5 Å². The molecule has 0 unspecified atom stereocenters. The zero-order chi connectivity index (χ0) is 25.5. The van der Waals surface area contributed by atoms with Gasteiger partial charge in [-0.1, -0.05) is 37.6 Å². The summed E-state index contributed by atoms with van der Waals surface area (Å²) in [5, 5.41) is 3.25. The minimum Gasteiger partial charge on any atom is -0.354 e. The third-order valence-electron chi connectivity index (χ3n) is 5.31. The molecule has 0 aliphatic carbocycles. The summed E-state index contributed by atoms with van der Waals surface area (Å²) >= 11 is 6.02. The molecular formula is C24H31ClFN3O4S. The number of carbonyl (C=O) groups is 2. The number of rotatable bonds is 11. The third kappa shape index (κ3) is 7.43. The van der Waals surface area contributed by atoms with E-state index in [4.69, 9.17) is 11.6 Å². The number of nitrogens with one attached hydrogen (secondary N) is 1. The van der Waals surface area contributed by atoms with Crippen molar-refractivity contribution in [1.29, 1.82) is 0 Å². The fourth-order valence-electron chi connectivity index (χ4n) is 3.57. The highest BCUT2D eigenvalue weighted by Crippen LogP contribution is 2.26. The molecule has 2 amide bonds. The van der Waals surface area contributed by atoms with E-state index < -0.39 is 34.3 Å². The summed E-state index contributed by atoms with van der Waals surface area (Å²) in [6, 6.07) is 9.50. The van der Waals surface area contributed by atoms with Crippen molar-refractivity contribution in [3.63, 3.8) is 0 Å². The molecule has 0 fully saturated rings. The van der Waals surface area contributed by atoms with Crippen LogP contribution in [0.15, 0.2) is 42.5 Å². The lowest BCUT2D eigenvalue weighted by Gasteiger charge is -2.33. The normalized spacial score (nSPS) is 12.2. The maximum Gasteiger partial charge on any atom is 0.244 e. The fourth-order valence-corrected chi connectivity index (χ4v) is 4.70. The van der Waals surface area contributed by atoms with Gasteiger partial charge in [0.1, 0.15) is 18.4 Å². The van der Waals surface area contributed by atoms with Crippen LogP contribution in [-0.2, 0) is 26.2 Å². The van der Waals surface area contributed by atoms with E-state index in [1.165, 1.54) is 29.2 Å². The second-order valence-electron chi connectivity index (χ2n) is 8.06.